The van der Waals surface area contributed by atoms with Gasteiger partial charge in [0.2, 0.25) is 0 Å². The monoisotopic (exact) mass is 191 g/mol. The third kappa shape index (κ3) is 5.05. The van der Waals surface area contributed by atoms with E-state index in [0.29, 0.717) is 0 Å². The molecule has 1 atom stereocenters. The Labute approximate surface area is 71.0 Å². The van der Waals surface area contributed by atoms with Crippen molar-refractivity contribution in [2.75, 3.05) is 20.1 Å². The van der Waals surface area contributed by atoms with Gasteiger partial charge in [0.05, 0.1) is 13.2 Å². The SMILES string of the molecule is [C-]#[N+]C(=C)COCP(=O)(O)OC. The summed E-state index contributed by atoms with van der Waals surface area (Å²) in [6.07, 6.45) is -0.419. The first-order chi connectivity index (χ1) is 5.52. The van der Waals surface area contributed by atoms with Gasteiger partial charge in [-0.1, -0.05) is 6.58 Å². The molecule has 1 unspecified atom stereocenters. The largest absolute Gasteiger partial charge is 0.375 e. The Morgan fingerprint density at radius 1 is 1.83 bits per heavy atom. The number of nitrogens with zero attached hydrogens (tertiary/aromatic N) is 1. The van der Waals surface area contributed by atoms with E-state index in [4.69, 9.17) is 16.2 Å². The molecule has 0 radical (unpaired) electrons. The van der Waals surface area contributed by atoms with Crippen LogP contribution in [0.2, 0.25) is 0 Å². The second-order valence-electron chi connectivity index (χ2n) is 1.98. The fraction of sp³-hybridized carbons (Fsp3) is 0.500. The van der Waals surface area contributed by atoms with Gasteiger partial charge in [0.25, 0.3) is 0 Å². The Hall–Kier alpha value is -0.660. The number of ether oxygens (including phenoxy) is 1. The summed E-state index contributed by atoms with van der Waals surface area (Å²) in [5.41, 5.74) is 0.186. The van der Waals surface area contributed by atoms with Crippen LogP contribution in [0.5, 0.6) is 0 Å². The number of hydrogen-bond donors (Lipinski definition) is 1. The van der Waals surface area contributed by atoms with E-state index in [2.05, 4.69) is 15.9 Å². The molecule has 0 spiro atoms. The lowest BCUT2D eigenvalue weighted by Gasteiger charge is -2.07. The maximum absolute atomic E-state index is 10.8. The van der Waals surface area contributed by atoms with Crippen LogP contribution >= 0.6 is 7.60 Å². The Morgan fingerprint density at radius 2 is 2.42 bits per heavy atom. The van der Waals surface area contributed by atoms with Gasteiger partial charge in [-0.05, 0) is 0 Å². The Bertz CT molecular complexity index is 244. The van der Waals surface area contributed by atoms with Gasteiger partial charge < -0.3 is 14.2 Å². The minimum absolute atomic E-state index is 0.0442. The summed E-state index contributed by atoms with van der Waals surface area (Å²) in [6.45, 7) is 9.75. The highest BCUT2D eigenvalue weighted by Gasteiger charge is 2.16. The summed E-state index contributed by atoms with van der Waals surface area (Å²) in [5, 5.41) is 0. The second kappa shape index (κ2) is 5.07. The fourth-order valence-corrected chi connectivity index (χ4v) is 0.791. The summed E-state index contributed by atoms with van der Waals surface area (Å²) in [4.78, 5) is 11.8. The van der Waals surface area contributed by atoms with E-state index in [1.165, 1.54) is 0 Å². The number of rotatable bonds is 5. The first-order valence-corrected chi connectivity index (χ1v) is 4.78. The predicted octanol–water partition coefficient (Wildman–Crippen LogP) is 1.23. The van der Waals surface area contributed by atoms with E-state index in [1.54, 1.807) is 0 Å². The predicted molar refractivity (Wildman–Crippen MR) is 43.4 cm³/mol. The van der Waals surface area contributed by atoms with Gasteiger partial charge in [0.15, 0.2) is 5.70 Å². The quantitative estimate of drug-likeness (QED) is 0.524. The smallest absolute Gasteiger partial charge is 0.353 e. The molecule has 0 amide bonds. The van der Waals surface area contributed by atoms with Crippen molar-refractivity contribution in [2.45, 2.75) is 0 Å². The molecule has 0 saturated heterocycles. The molecule has 0 aliphatic carbocycles. The Kier molecular flexibility index (Phi) is 4.79. The summed E-state index contributed by atoms with van der Waals surface area (Å²) in [5.74, 6) is 0. The van der Waals surface area contributed by atoms with Gasteiger partial charge in [-0.3, -0.25) is 4.57 Å². The first kappa shape index (κ1) is 11.3. The van der Waals surface area contributed by atoms with Crippen molar-refractivity contribution in [3.8, 4) is 0 Å². The Morgan fingerprint density at radius 3 is 2.83 bits per heavy atom. The molecule has 6 heteroatoms. The number of hydrogen-bond acceptors (Lipinski definition) is 3. The van der Waals surface area contributed by atoms with Gasteiger partial charge in [-0.2, -0.15) is 0 Å². The molecule has 0 fully saturated rings. The van der Waals surface area contributed by atoms with Crippen molar-refractivity contribution in [3.05, 3.63) is 23.7 Å². The molecule has 1 N–H and O–H groups in total. The standard InChI is InChI=1S/C6H10NO4P/c1-6(7-2)4-11-5-12(8,9)10-3/h1,4-5H2,3H3,(H,8,9). The van der Waals surface area contributed by atoms with Crippen LogP contribution in [0.25, 0.3) is 4.85 Å². The van der Waals surface area contributed by atoms with Crippen molar-refractivity contribution < 1.29 is 18.7 Å². The average Bonchev–Trinajstić information content (AvgIpc) is 2.04. The van der Waals surface area contributed by atoms with E-state index in [0.717, 1.165) is 7.11 Å². The fourth-order valence-electron chi connectivity index (χ4n) is 0.364. The molecule has 0 aromatic rings. The molecule has 0 aromatic carbocycles. The topological polar surface area (TPSA) is 60.1 Å². The van der Waals surface area contributed by atoms with Gasteiger partial charge in [-0.15, -0.1) is 0 Å². The van der Waals surface area contributed by atoms with Gasteiger partial charge in [0, 0.05) is 7.11 Å². The minimum Gasteiger partial charge on any atom is -0.375 e. The van der Waals surface area contributed by atoms with E-state index in [-0.39, 0.29) is 12.3 Å². The zero-order chi connectivity index (χ0) is 9.61. The molecule has 12 heavy (non-hydrogen) atoms. The lowest BCUT2D eigenvalue weighted by atomic mass is 10.6. The average molecular weight is 191 g/mol. The first-order valence-electron chi connectivity index (χ1n) is 3.02. The van der Waals surface area contributed by atoms with E-state index in [1.807, 2.05) is 0 Å². The van der Waals surface area contributed by atoms with E-state index >= 15 is 0 Å². The molecule has 0 saturated carbocycles. The maximum Gasteiger partial charge on any atom is 0.353 e. The molecule has 5 nitrogen and oxygen atoms in total. The normalized spacial score (nSPS) is 14.8. The highest BCUT2D eigenvalue weighted by atomic mass is 31.2. The highest BCUT2D eigenvalue weighted by molar-refractivity contribution is 7.52. The minimum atomic E-state index is -3.61. The molecule has 68 valence electrons. The van der Waals surface area contributed by atoms with Gasteiger partial charge in [0.1, 0.15) is 6.35 Å². The lowest BCUT2D eigenvalue weighted by Crippen LogP contribution is -1.99. The van der Waals surface area contributed by atoms with Crippen LogP contribution in [0.1, 0.15) is 0 Å². The van der Waals surface area contributed by atoms with Crippen LogP contribution in [0.3, 0.4) is 0 Å². The summed E-state index contributed by atoms with van der Waals surface area (Å²) < 4.78 is 19.7. The summed E-state index contributed by atoms with van der Waals surface area (Å²) in [6, 6.07) is 0. The molecule has 0 rings (SSSR count). The highest BCUT2D eigenvalue weighted by Crippen LogP contribution is 2.40. The van der Waals surface area contributed by atoms with Crippen LogP contribution in [0.15, 0.2) is 12.3 Å². The van der Waals surface area contributed by atoms with Crippen LogP contribution in [-0.4, -0.2) is 25.0 Å². The molecular formula is C6H10NO4P. The van der Waals surface area contributed by atoms with E-state index < -0.39 is 13.9 Å². The van der Waals surface area contributed by atoms with Crippen LogP contribution in [-0.2, 0) is 13.8 Å². The maximum atomic E-state index is 10.8. The van der Waals surface area contributed by atoms with Crippen molar-refractivity contribution in [2.24, 2.45) is 0 Å². The zero-order valence-corrected chi connectivity index (χ0v) is 7.58. The van der Waals surface area contributed by atoms with Crippen molar-refractivity contribution in [1.82, 2.24) is 0 Å². The molecule has 0 aliphatic heterocycles. The van der Waals surface area contributed by atoms with Crippen LogP contribution < -0.4 is 0 Å². The Balaban J connectivity index is 3.66. The molecule has 0 aromatic heterocycles. The molecule has 0 aliphatic rings. The second-order valence-corrected chi connectivity index (χ2v) is 3.87. The van der Waals surface area contributed by atoms with Crippen LogP contribution in [0.4, 0.5) is 0 Å². The van der Waals surface area contributed by atoms with Gasteiger partial charge in [-0.25, -0.2) is 4.85 Å². The van der Waals surface area contributed by atoms with Gasteiger partial charge >= 0.3 is 7.60 Å². The summed E-state index contributed by atoms with van der Waals surface area (Å²) in [7, 11) is -2.49. The summed E-state index contributed by atoms with van der Waals surface area (Å²) >= 11 is 0. The van der Waals surface area contributed by atoms with Crippen molar-refractivity contribution in [3.63, 3.8) is 0 Å². The molecular weight excluding hydrogens is 181 g/mol. The van der Waals surface area contributed by atoms with Crippen molar-refractivity contribution >= 4 is 7.60 Å². The zero-order valence-electron chi connectivity index (χ0n) is 6.69. The van der Waals surface area contributed by atoms with Crippen LogP contribution in [0, 0.1) is 6.57 Å². The molecule has 0 heterocycles. The third-order valence-corrected chi connectivity index (χ3v) is 2.05. The molecule has 0 bridgehead atoms. The van der Waals surface area contributed by atoms with E-state index in [9.17, 15) is 4.57 Å². The van der Waals surface area contributed by atoms with Crippen molar-refractivity contribution in [1.29, 1.82) is 0 Å². The lowest BCUT2D eigenvalue weighted by molar-refractivity contribution is 0.173. The third-order valence-electron chi connectivity index (χ3n) is 0.967.